The SMILES string of the molecule is C=CC(C)=CC[C@@H]1O[C@H](C)[C@H](NC(=O)C=C[C@H](C)O)C[C@@H]1C. The first-order valence-corrected chi connectivity index (χ1v) is 7.95. The van der Waals surface area contributed by atoms with Crippen LogP contribution in [0, 0.1) is 5.92 Å². The van der Waals surface area contributed by atoms with Gasteiger partial charge in [0.25, 0.3) is 0 Å². The lowest BCUT2D eigenvalue weighted by molar-refractivity contribution is -0.123. The monoisotopic (exact) mass is 307 g/mol. The predicted octanol–water partition coefficient (Wildman–Crippen LogP) is 2.74. The van der Waals surface area contributed by atoms with Gasteiger partial charge >= 0.3 is 0 Å². The molecule has 5 atom stereocenters. The van der Waals surface area contributed by atoms with Crippen LogP contribution < -0.4 is 5.32 Å². The molecule has 0 radical (unpaired) electrons. The number of nitrogens with one attached hydrogen (secondary N) is 1. The maximum absolute atomic E-state index is 11.8. The average molecular weight is 307 g/mol. The Labute approximate surface area is 133 Å². The van der Waals surface area contributed by atoms with E-state index in [1.54, 1.807) is 6.92 Å². The molecule has 1 amide bonds. The van der Waals surface area contributed by atoms with Gasteiger partial charge in [-0.05, 0) is 39.5 Å². The summed E-state index contributed by atoms with van der Waals surface area (Å²) in [6.07, 6.45) is 8.12. The number of rotatable bonds is 6. The third-order valence-corrected chi connectivity index (χ3v) is 4.06. The van der Waals surface area contributed by atoms with Crippen LogP contribution in [-0.2, 0) is 9.53 Å². The summed E-state index contributed by atoms with van der Waals surface area (Å²) >= 11 is 0. The zero-order chi connectivity index (χ0) is 16.7. The molecule has 2 N–H and O–H groups in total. The van der Waals surface area contributed by atoms with Gasteiger partial charge in [-0.3, -0.25) is 4.79 Å². The molecule has 1 heterocycles. The van der Waals surface area contributed by atoms with Crippen LogP contribution in [0.25, 0.3) is 0 Å². The normalized spacial score (nSPS) is 31.0. The second-order valence-electron chi connectivity index (χ2n) is 6.20. The van der Waals surface area contributed by atoms with Crippen LogP contribution in [-0.4, -0.2) is 35.4 Å². The number of hydrogen-bond donors (Lipinski definition) is 2. The highest BCUT2D eigenvalue weighted by Crippen LogP contribution is 2.27. The van der Waals surface area contributed by atoms with Crippen LogP contribution in [0.3, 0.4) is 0 Å². The molecular weight excluding hydrogens is 278 g/mol. The van der Waals surface area contributed by atoms with E-state index < -0.39 is 6.10 Å². The zero-order valence-corrected chi connectivity index (χ0v) is 14.1. The van der Waals surface area contributed by atoms with Gasteiger partial charge in [-0.25, -0.2) is 0 Å². The van der Waals surface area contributed by atoms with E-state index >= 15 is 0 Å². The summed E-state index contributed by atoms with van der Waals surface area (Å²) < 4.78 is 6.07. The van der Waals surface area contributed by atoms with Crippen LogP contribution in [0.5, 0.6) is 0 Å². The predicted molar refractivity (Wildman–Crippen MR) is 89.4 cm³/mol. The third-order valence-electron chi connectivity index (χ3n) is 4.06. The van der Waals surface area contributed by atoms with Crippen molar-refractivity contribution in [1.29, 1.82) is 0 Å². The molecule has 0 spiro atoms. The molecule has 4 heteroatoms. The van der Waals surface area contributed by atoms with Gasteiger partial charge in [-0.15, -0.1) is 0 Å². The van der Waals surface area contributed by atoms with E-state index in [-0.39, 0.29) is 24.2 Å². The number of aliphatic hydroxyl groups is 1. The zero-order valence-electron chi connectivity index (χ0n) is 14.1. The Morgan fingerprint density at radius 1 is 1.50 bits per heavy atom. The van der Waals surface area contributed by atoms with Gasteiger partial charge in [0.05, 0.1) is 24.4 Å². The van der Waals surface area contributed by atoms with Crippen molar-refractivity contribution in [3.8, 4) is 0 Å². The molecule has 22 heavy (non-hydrogen) atoms. The van der Waals surface area contributed by atoms with E-state index in [0.29, 0.717) is 5.92 Å². The number of aliphatic hydroxyl groups excluding tert-OH is 1. The van der Waals surface area contributed by atoms with Crippen molar-refractivity contribution in [3.05, 3.63) is 36.5 Å². The van der Waals surface area contributed by atoms with Crippen LogP contribution in [0.1, 0.15) is 40.5 Å². The van der Waals surface area contributed by atoms with E-state index in [1.807, 2.05) is 19.9 Å². The van der Waals surface area contributed by atoms with Gasteiger partial charge in [0.1, 0.15) is 0 Å². The summed E-state index contributed by atoms with van der Waals surface area (Å²) in [6.45, 7) is 11.5. The molecule has 0 bridgehead atoms. The second-order valence-corrected chi connectivity index (χ2v) is 6.20. The van der Waals surface area contributed by atoms with Crippen molar-refractivity contribution >= 4 is 5.91 Å². The first kappa shape index (κ1) is 18.7. The number of carbonyl (C=O) groups is 1. The van der Waals surface area contributed by atoms with Crippen molar-refractivity contribution < 1.29 is 14.6 Å². The van der Waals surface area contributed by atoms with E-state index in [9.17, 15) is 4.79 Å². The first-order chi connectivity index (χ1) is 10.3. The fourth-order valence-corrected chi connectivity index (χ4v) is 2.56. The Kier molecular flexibility index (Phi) is 7.56. The lowest BCUT2D eigenvalue weighted by atomic mass is 9.88. The highest BCUT2D eigenvalue weighted by Gasteiger charge is 2.33. The van der Waals surface area contributed by atoms with Crippen molar-refractivity contribution in [3.63, 3.8) is 0 Å². The summed E-state index contributed by atoms with van der Waals surface area (Å²) in [7, 11) is 0. The van der Waals surface area contributed by atoms with E-state index in [0.717, 1.165) is 18.4 Å². The average Bonchev–Trinajstić information content (AvgIpc) is 2.46. The van der Waals surface area contributed by atoms with Gasteiger partial charge < -0.3 is 15.2 Å². The lowest BCUT2D eigenvalue weighted by Gasteiger charge is -2.39. The molecule has 124 valence electrons. The number of hydrogen-bond acceptors (Lipinski definition) is 3. The van der Waals surface area contributed by atoms with Gasteiger partial charge in [-0.2, -0.15) is 0 Å². The number of ether oxygens (including phenoxy) is 1. The molecule has 1 rings (SSSR count). The third kappa shape index (κ3) is 6.16. The molecular formula is C18H29NO3. The molecule has 0 saturated carbocycles. The van der Waals surface area contributed by atoms with Crippen molar-refractivity contribution in [2.45, 2.75) is 64.9 Å². The Morgan fingerprint density at radius 3 is 2.77 bits per heavy atom. The van der Waals surface area contributed by atoms with E-state index in [2.05, 4.69) is 24.9 Å². The summed E-state index contributed by atoms with van der Waals surface area (Å²) in [5.41, 5.74) is 1.15. The first-order valence-electron chi connectivity index (χ1n) is 7.95. The standard InChI is InChI=1S/C18H29NO3/c1-6-12(2)7-9-17-13(3)11-16(15(5)22-17)19-18(21)10-8-14(4)20/h6-8,10,13-17,20H,1,9,11H2,2-5H3,(H,19,21)/t13-,14-,15+,16+,17-/m0/s1. The largest absolute Gasteiger partial charge is 0.389 e. The van der Waals surface area contributed by atoms with Gasteiger partial charge in [0, 0.05) is 6.08 Å². The topological polar surface area (TPSA) is 58.6 Å². The molecule has 1 fully saturated rings. The Morgan fingerprint density at radius 2 is 2.18 bits per heavy atom. The maximum atomic E-state index is 11.8. The van der Waals surface area contributed by atoms with Crippen molar-refractivity contribution in [2.24, 2.45) is 5.92 Å². The Bertz CT molecular complexity index is 440. The Hall–Kier alpha value is -1.39. The van der Waals surface area contributed by atoms with Crippen LogP contribution in [0.4, 0.5) is 0 Å². The van der Waals surface area contributed by atoms with E-state index in [4.69, 9.17) is 9.84 Å². The highest BCUT2D eigenvalue weighted by atomic mass is 16.5. The summed E-state index contributed by atoms with van der Waals surface area (Å²) in [5.74, 6) is 0.186. The molecule has 1 aliphatic rings. The Balaban J connectivity index is 2.55. The molecule has 1 aliphatic heterocycles. The molecule has 0 aliphatic carbocycles. The quantitative estimate of drug-likeness (QED) is 0.586. The summed E-state index contributed by atoms with van der Waals surface area (Å²) in [6, 6.07) is 0.00174. The van der Waals surface area contributed by atoms with Gasteiger partial charge in [-0.1, -0.05) is 37.3 Å². The maximum Gasteiger partial charge on any atom is 0.244 e. The molecule has 0 unspecified atom stereocenters. The summed E-state index contributed by atoms with van der Waals surface area (Å²) in [4.78, 5) is 11.8. The second kappa shape index (κ2) is 8.91. The van der Waals surface area contributed by atoms with Gasteiger partial charge in [0.2, 0.25) is 5.91 Å². The van der Waals surface area contributed by atoms with Crippen molar-refractivity contribution in [2.75, 3.05) is 0 Å². The fourth-order valence-electron chi connectivity index (χ4n) is 2.56. The fraction of sp³-hybridized carbons (Fsp3) is 0.611. The smallest absolute Gasteiger partial charge is 0.244 e. The number of allylic oxidation sites excluding steroid dienone is 2. The molecule has 4 nitrogen and oxygen atoms in total. The molecule has 0 aromatic heterocycles. The molecule has 0 aromatic carbocycles. The van der Waals surface area contributed by atoms with Crippen LogP contribution in [0.2, 0.25) is 0 Å². The number of carbonyl (C=O) groups excluding carboxylic acids is 1. The van der Waals surface area contributed by atoms with Gasteiger partial charge in [0.15, 0.2) is 0 Å². The minimum atomic E-state index is -0.617. The number of amides is 1. The lowest BCUT2D eigenvalue weighted by Crippen LogP contribution is -2.50. The summed E-state index contributed by atoms with van der Waals surface area (Å²) in [5, 5.41) is 12.1. The molecule has 0 aromatic rings. The molecule has 1 saturated heterocycles. The van der Waals surface area contributed by atoms with Crippen LogP contribution in [0.15, 0.2) is 36.5 Å². The minimum Gasteiger partial charge on any atom is -0.389 e. The van der Waals surface area contributed by atoms with Crippen molar-refractivity contribution in [1.82, 2.24) is 5.32 Å². The van der Waals surface area contributed by atoms with E-state index in [1.165, 1.54) is 12.2 Å². The van der Waals surface area contributed by atoms with Crippen LogP contribution >= 0.6 is 0 Å². The minimum absolute atomic E-state index is 0.00174. The highest BCUT2D eigenvalue weighted by molar-refractivity contribution is 5.87.